The third-order valence-electron chi connectivity index (χ3n) is 4.43. The third-order valence-corrected chi connectivity index (χ3v) is 4.43. The summed E-state index contributed by atoms with van der Waals surface area (Å²) in [5.41, 5.74) is 0.798. The molecule has 0 amide bonds. The van der Waals surface area contributed by atoms with E-state index in [0.717, 1.165) is 26.3 Å². The molecule has 2 heteroatoms. The molecule has 0 radical (unpaired) electrons. The van der Waals surface area contributed by atoms with Gasteiger partial charge in [0.1, 0.15) is 0 Å². The molecule has 1 aliphatic rings. The molecule has 0 unspecified atom stereocenters. The zero-order valence-electron chi connectivity index (χ0n) is 11.8. The standard InChI is InChI=1S/C14H29NO/c1-6-14(5,7-2)12-13(3,4)15-8-10-16-11-9-15/h6-12H2,1-5H3. The van der Waals surface area contributed by atoms with Gasteiger partial charge in [0.05, 0.1) is 13.2 Å². The van der Waals surface area contributed by atoms with Crippen LogP contribution in [0, 0.1) is 5.41 Å². The number of nitrogens with zero attached hydrogens (tertiary/aromatic N) is 1. The first-order valence-corrected chi connectivity index (χ1v) is 6.76. The van der Waals surface area contributed by atoms with E-state index < -0.39 is 0 Å². The SMILES string of the molecule is CCC(C)(CC)CC(C)(C)N1CCOCC1. The van der Waals surface area contributed by atoms with Gasteiger partial charge in [0, 0.05) is 18.6 Å². The summed E-state index contributed by atoms with van der Waals surface area (Å²) in [7, 11) is 0. The Balaban J connectivity index is 2.61. The molecule has 0 bridgehead atoms. The summed E-state index contributed by atoms with van der Waals surface area (Å²) in [4.78, 5) is 2.60. The van der Waals surface area contributed by atoms with Crippen molar-refractivity contribution in [3.8, 4) is 0 Å². The summed E-state index contributed by atoms with van der Waals surface area (Å²) in [5, 5.41) is 0. The van der Waals surface area contributed by atoms with Crippen molar-refractivity contribution in [3.05, 3.63) is 0 Å². The van der Waals surface area contributed by atoms with Gasteiger partial charge >= 0.3 is 0 Å². The van der Waals surface area contributed by atoms with Gasteiger partial charge < -0.3 is 4.74 Å². The van der Waals surface area contributed by atoms with Crippen molar-refractivity contribution in [2.24, 2.45) is 5.41 Å². The fourth-order valence-electron chi connectivity index (χ4n) is 2.82. The van der Waals surface area contributed by atoms with Crippen LogP contribution in [-0.2, 0) is 4.74 Å². The molecule has 96 valence electrons. The Morgan fingerprint density at radius 2 is 1.50 bits per heavy atom. The Bertz CT molecular complexity index is 203. The highest BCUT2D eigenvalue weighted by atomic mass is 16.5. The van der Waals surface area contributed by atoms with Crippen LogP contribution in [-0.4, -0.2) is 36.7 Å². The summed E-state index contributed by atoms with van der Waals surface area (Å²) in [6.45, 7) is 15.8. The molecule has 0 aromatic rings. The number of hydrogen-bond donors (Lipinski definition) is 0. The predicted octanol–water partition coefficient (Wildman–Crippen LogP) is 3.31. The van der Waals surface area contributed by atoms with E-state index in [0.29, 0.717) is 11.0 Å². The molecule has 2 nitrogen and oxygen atoms in total. The molecule has 0 atom stereocenters. The van der Waals surface area contributed by atoms with Gasteiger partial charge in [-0.15, -0.1) is 0 Å². The normalized spacial score (nSPS) is 20.1. The highest BCUT2D eigenvalue weighted by molar-refractivity contribution is 4.89. The summed E-state index contributed by atoms with van der Waals surface area (Å²) >= 11 is 0. The van der Waals surface area contributed by atoms with Crippen LogP contribution >= 0.6 is 0 Å². The van der Waals surface area contributed by atoms with Gasteiger partial charge in [-0.1, -0.05) is 33.6 Å². The van der Waals surface area contributed by atoms with E-state index in [1.807, 2.05) is 0 Å². The maximum atomic E-state index is 5.44. The van der Waals surface area contributed by atoms with E-state index in [1.165, 1.54) is 19.3 Å². The second-order valence-electron chi connectivity index (χ2n) is 6.11. The molecule has 0 spiro atoms. The van der Waals surface area contributed by atoms with Crippen LogP contribution in [0.15, 0.2) is 0 Å². The fraction of sp³-hybridized carbons (Fsp3) is 1.00. The molecule has 0 aromatic heterocycles. The first-order chi connectivity index (χ1) is 7.43. The number of rotatable bonds is 5. The van der Waals surface area contributed by atoms with E-state index in [4.69, 9.17) is 4.74 Å². The molecule has 0 aromatic carbocycles. The fourth-order valence-corrected chi connectivity index (χ4v) is 2.82. The average molecular weight is 227 g/mol. The summed E-state index contributed by atoms with van der Waals surface area (Å²) in [6.07, 6.45) is 3.83. The lowest BCUT2D eigenvalue weighted by Crippen LogP contribution is -2.51. The second-order valence-corrected chi connectivity index (χ2v) is 6.11. The lowest BCUT2D eigenvalue weighted by atomic mass is 9.74. The van der Waals surface area contributed by atoms with E-state index in [2.05, 4.69) is 39.5 Å². The third kappa shape index (κ3) is 3.46. The lowest BCUT2D eigenvalue weighted by Gasteiger charge is -2.45. The Morgan fingerprint density at radius 1 is 1.00 bits per heavy atom. The highest BCUT2D eigenvalue weighted by Crippen LogP contribution is 2.37. The molecular formula is C14H29NO. The molecule has 1 aliphatic heterocycles. The van der Waals surface area contributed by atoms with Crippen molar-refractivity contribution in [2.45, 2.75) is 59.4 Å². The number of ether oxygens (including phenoxy) is 1. The minimum atomic E-state index is 0.310. The summed E-state index contributed by atoms with van der Waals surface area (Å²) in [5.74, 6) is 0. The van der Waals surface area contributed by atoms with Crippen molar-refractivity contribution in [3.63, 3.8) is 0 Å². The topological polar surface area (TPSA) is 12.5 Å². The van der Waals surface area contributed by atoms with E-state index in [1.54, 1.807) is 0 Å². The second kappa shape index (κ2) is 5.50. The average Bonchev–Trinajstić information content (AvgIpc) is 2.29. The van der Waals surface area contributed by atoms with Crippen LogP contribution in [0.3, 0.4) is 0 Å². The first kappa shape index (κ1) is 14.0. The molecule has 16 heavy (non-hydrogen) atoms. The molecule has 1 heterocycles. The van der Waals surface area contributed by atoms with Crippen LogP contribution in [0.4, 0.5) is 0 Å². The maximum absolute atomic E-state index is 5.44. The minimum absolute atomic E-state index is 0.310. The van der Waals surface area contributed by atoms with E-state index in [9.17, 15) is 0 Å². The van der Waals surface area contributed by atoms with Crippen LogP contribution in [0.25, 0.3) is 0 Å². The number of hydrogen-bond acceptors (Lipinski definition) is 2. The van der Waals surface area contributed by atoms with Gasteiger partial charge in [-0.2, -0.15) is 0 Å². The van der Waals surface area contributed by atoms with Gasteiger partial charge in [-0.25, -0.2) is 0 Å². The highest BCUT2D eigenvalue weighted by Gasteiger charge is 2.34. The molecule has 1 saturated heterocycles. The van der Waals surface area contributed by atoms with Gasteiger partial charge in [0.15, 0.2) is 0 Å². The molecule has 1 rings (SSSR count). The van der Waals surface area contributed by atoms with Gasteiger partial charge in [-0.05, 0) is 25.7 Å². The first-order valence-electron chi connectivity index (χ1n) is 6.76. The zero-order chi connectivity index (χ0) is 12.2. The Labute approximate surface area is 101 Å². The molecule has 0 saturated carbocycles. The summed E-state index contributed by atoms with van der Waals surface area (Å²) in [6, 6.07) is 0. The Hall–Kier alpha value is -0.0800. The largest absolute Gasteiger partial charge is 0.379 e. The Kier molecular flexibility index (Phi) is 4.81. The van der Waals surface area contributed by atoms with Crippen molar-refractivity contribution in [1.29, 1.82) is 0 Å². The van der Waals surface area contributed by atoms with Crippen molar-refractivity contribution in [2.75, 3.05) is 26.3 Å². The molecule has 0 N–H and O–H groups in total. The molecular weight excluding hydrogens is 198 g/mol. The lowest BCUT2D eigenvalue weighted by molar-refractivity contribution is -0.0270. The minimum Gasteiger partial charge on any atom is -0.379 e. The van der Waals surface area contributed by atoms with Crippen molar-refractivity contribution in [1.82, 2.24) is 4.90 Å². The maximum Gasteiger partial charge on any atom is 0.0594 e. The number of morpholine rings is 1. The van der Waals surface area contributed by atoms with Gasteiger partial charge in [-0.3, -0.25) is 4.90 Å². The van der Waals surface area contributed by atoms with Crippen LogP contribution in [0.2, 0.25) is 0 Å². The molecule has 1 fully saturated rings. The van der Waals surface area contributed by atoms with Crippen molar-refractivity contribution < 1.29 is 4.74 Å². The van der Waals surface area contributed by atoms with Crippen LogP contribution in [0.1, 0.15) is 53.9 Å². The Morgan fingerprint density at radius 3 is 1.94 bits per heavy atom. The van der Waals surface area contributed by atoms with Gasteiger partial charge in [0.2, 0.25) is 0 Å². The summed E-state index contributed by atoms with van der Waals surface area (Å²) < 4.78 is 5.44. The van der Waals surface area contributed by atoms with Crippen LogP contribution < -0.4 is 0 Å². The van der Waals surface area contributed by atoms with Crippen molar-refractivity contribution >= 4 is 0 Å². The predicted molar refractivity (Wildman–Crippen MR) is 69.8 cm³/mol. The quantitative estimate of drug-likeness (QED) is 0.714. The van der Waals surface area contributed by atoms with E-state index >= 15 is 0 Å². The van der Waals surface area contributed by atoms with E-state index in [-0.39, 0.29) is 0 Å². The molecule has 0 aliphatic carbocycles. The zero-order valence-corrected chi connectivity index (χ0v) is 11.8. The smallest absolute Gasteiger partial charge is 0.0594 e. The van der Waals surface area contributed by atoms with Gasteiger partial charge in [0.25, 0.3) is 0 Å². The van der Waals surface area contributed by atoms with Crippen LogP contribution in [0.5, 0.6) is 0 Å². The monoisotopic (exact) mass is 227 g/mol.